The number of nitrogens with zero attached hydrogens (tertiary/aromatic N) is 2. The summed E-state index contributed by atoms with van der Waals surface area (Å²) in [7, 11) is 0. The van der Waals surface area contributed by atoms with Gasteiger partial charge < -0.3 is 10.1 Å². The maximum Gasteiger partial charge on any atom is 0.312 e. The fourth-order valence-electron chi connectivity index (χ4n) is 3.28. The summed E-state index contributed by atoms with van der Waals surface area (Å²) in [5.41, 5.74) is 1.55. The van der Waals surface area contributed by atoms with Crippen molar-refractivity contribution in [2.45, 2.75) is 58.1 Å². The molecule has 6 nitrogen and oxygen atoms in total. The number of thiazole rings is 1. The third kappa shape index (κ3) is 5.35. The molecule has 0 unspecified atom stereocenters. The van der Waals surface area contributed by atoms with Crippen LogP contribution in [-0.4, -0.2) is 34.0 Å². The number of carbonyl (C=O) groups excluding carboxylic acids is 2. The molecule has 1 aliphatic rings. The molecule has 1 saturated carbocycles. The minimum Gasteiger partial charge on any atom is -0.452 e. The second-order valence-corrected chi connectivity index (χ2v) is 7.93. The van der Waals surface area contributed by atoms with Gasteiger partial charge in [0.05, 0.1) is 12.1 Å². The summed E-state index contributed by atoms with van der Waals surface area (Å²) in [4.78, 5) is 33.0. The van der Waals surface area contributed by atoms with Gasteiger partial charge in [0.2, 0.25) is 0 Å². The van der Waals surface area contributed by atoms with Crippen LogP contribution in [0.5, 0.6) is 0 Å². The molecule has 2 aromatic rings. The molecule has 1 fully saturated rings. The van der Waals surface area contributed by atoms with Crippen molar-refractivity contribution in [2.75, 3.05) is 0 Å². The first-order chi connectivity index (χ1) is 13.0. The van der Waals surface area contributed by atoms with Crippen molar-refractivity contribution in [1.29, 1.82) is 0 Å². The maximum absolute atomic E-state index is 12.3. The van der Waals surface area contributed by atoms with E-state index in [0.717, 1.165) is 29.8 Å². The highest BCUT2D eigenvalue weighted by molar-refractivity contribution is 7.13. The zero-order valence-electron chi connectivity index (χ0n) is 15.7. The van der Waals surface area contributed by atoms with Crippen LogP contribution in [0.3, 0.4) is 0 Å². The smallest absolute Gasteiger partial charge is 0.312 e. The average molecular weight is 388 g/mol. The number of esters is 1. The van der Waals surface area contributed by atoms with Gasteiger partial charge >= 0.3 is 5.97 Å². The van der Waals surface area contributed by atoms with Gasteiger partial charge in [0, 0.05) is 29.4 Å². The molecular formula is C20H25N3O3S. The zero-order chi connectivity index (χ0) is 19.2. The summed E-state index contributed by atoms with van der Waals surface area (Å²) >= 11 is 1.46. The van der Waals surface area contributed by atoms with Crippen LogP contribution in [0.1, 0.15) is 45.2 Å². The molecule has 0 radical (unpaired) electrons. The lowest BCUT2D eigenvalue weighted by molar-refractivity contribution is -0.154. The molecule has 2 heterocycles. The Hall–Kier alpha value is -2.28. The van der Waals surface area contributed by atoms with E-state index in [4.69, 9.17) is 4.74 Å². The first-order valence-corrected chi connectivity index (χ1v) is 10.3. The van der Waals surface area contributed by atoms with Crippen molar-refractivity contribution in [3.63, 3.8) is 0 Å². The standard InChI is InChI=1S/C20H25N3O3S/c1-13-6-3-4-8-17(13)23-19(25)14(2)26-18(24)10-16-12-27-20(22-16)15-7-5-9-21-11-15/h5,7,9,11-14,17H,3-4,6,8,10H2,1-2H3,(H,23,25)/t13-,14-,17-/m1/s1. The van der Waals surface area contributed by atoms with Crippen LogP contribution >= 0.6 is 11.3 Å². The quantitative estimate of drug-likeness (QED) is 0.769. The number of ether oxygens (including phenoxy) is 1. The molecule has 1 amide bonds. The van der Waals surface area contributed by atoms with E-state index < -0.39 is 12.1 Å². The summed E-state index contributed by atoms with van der Waals surface area (Å²) in [6.07, 6.45) is 7.15. The predicted molar refractivity (Wildman–Crippen MR) is 104 cm³/mol. The molecular weight excluding hydrogens is 362 g/mol. The van der Waals surface area contributed by atoms with Gasteiger partial charge in [-0.3, -0.25) is 14.6 Å². The summed E-state index contributed by atoms with van der Waals surface area (Å²) in [6, 6.07) is 3.94. The van der Waals surface area contributed by atoms with Gasteiger partial charge in [-0.05, 0) is 37.8 Å². The Morgan fingerprint density at radius 3 is 2.93 bits per heavy atom. The van der Waals surface area contributed by atoms with E-state index in [2.05, 4.69) is 22.2 Å². The van der Waals surface area contributed by atoms with Crippen LogP contribution in [0.2, 0.25) is 0 Å². The first-order valence-electron chi connectivity index (χ1n) is 9.37. The molecule has 0 bridgehead atoms. The Morgan fingerprint density at radius 2 is 2.19 bits per heavy atom. The molecule has 1 N–H and O–H groups in total. The summed E-state index contributed by atoms with van der Waals surface area (Å²) in [6.45, 7) is 3.77. The molecule has 0 aromatic carbocycles. The van der Waals surface area contributed by atoms with Crippen molar-refractivity contribution >= 4 is 23.2 Å². The molecule has 1 aliphatic carbocycles. The maximum atomic E-state index is 12.3. The SMILES string of the molecule is C[C@@H]1CCCC[C@H]1NC(=O)[C@@H](C)OC(=O)Cc1csc(-c2cccnc2)n1. The lowest BCUT2D eigenvalue weighted by Crippen LogP contribution is -2.46. The predicted octanol–water partition coefficient (Wildman–Crippen LogP) is 3.37. The van der Waals surface area contributed by atoms with E-state index in [1.165, 1.54) is 17.8 Å². The lowest BCUT2D eigenvalue weighted by atomic mass is 9.86. The minimum atomic E-state index is -0.803. The van der Waals surface area contributed by atoms with E-state index in [1.54, 1.807) is 19.3 Å². The van der Waals surface area contributed by atoms with Crippen molar-refractivity contribution < 1.29 is 14.3 Å². The fraction of sp³-hybridized carbons (Fsp3) is 0.500. The largest absolute Gasteiger partial charge is 0.452 e. The van der Waals surface area contributed by atoms with Crippen molar-refractivity contribution in [3.05, 3.63) is 35.6 Å². The molecule has 3 rings (SSSR count). The molecule has 144 valence electrons. The third-order valence-corrected chi connectivity index (χ3v) is 5.84. The molecule has 0 saturated heterocycles. The van der Waals surface area contributed by atoms with Gasteiger partial charge in [-0.15, -0.1) is 11.3 Å². The van der Waals surface area contributed by atoms with Crippen LogP contribution in [0.15, 0.2) is 29.9 Å². The van der Waals surface area contributed by atoms with Crippen LogP contribution in [-0.2, 0) is 20.7 Å². The Morgan fingerprint density at radius 1 is 1.37 bits per heavy atom. The van der Waals surface area contributed by atoms with Crippen LogP contribution in [0.4, 0.5) is 0 Å². The van der Waals surface area contributed by atoms with Crippen LogP contribution in [0.25, 0.3) is 10.6 Å². The summed E-state index contributed by atoms with van der Waals surface area (Å²) in [5, 5.41) is 5.67. The number of hydrogen-bond donors (Lipinski definition) is 1. The minimum absolute atomic E-state index is 0.0498. The monoisotopic (exact) mass is 387 g/mol. The summed E-state index contributed by atoms with van der Waals surface area (Å²) in [5.74, 6) is -0.208. The first kappa shape index (κ1) is 19.5. The van der Waals surface area contributed by atoms with E-state index in [-0.39, 0.29) is 18.4 Å². The Bertz CT molecular complexity index is 778. The van der Waals surface area contributed by atoms with E-state index in [0.29, 0.717) is 11.6 Å². The van der Waals surface area contributed by atoms with Crippen LogP contribution in [0, 0.1) is 5.92 Å². The highest BCUT2D eigenvalue weighted by Gasteiger charge is 2.26. The number of carbonyl (C=O) groups is 2. The van der Waals surface area contributed by atoms with Gasteiger partial charge in [0.1, 0.15) is 5.01 Å². The second kappa shape index (κ2) is 9.08. The Balaban J connectivity index is 1.50. The lowest BCUT2D eigenvalue weighted by Gasteiger charge is -2.30. The highest BCUT2D eigenvalue weighted by atomic mass is 32.1. The normalized spacial score (nSPS) is 20.7. The fourth-order valence-corrected chi connectivity index (χ4v) is 4.09. The average Bonchev–Trinajstić information content (AvgIpc) is 3.12. The van der Waals surface area contributed by atoms with Gasteiger partial charge in [0.25, 0.3) is 5.91 Å². The topological polar surface area (TPSA) is 81.2 Å². The Kier molecular flexibility index (Phi) is 6.55. The number of nitrogens with one attached hydrogen (secondary N) is 1. The summed E-state index contributed by atoms with van der Waals surface area (Å²) < 4.78 is 5.31. The third-order valence-electron chi connectivity index (χ3n) is 4.90. The second-order valence-electron chi connectivity index (χ2n) is 7.07. The van der Waals surface area contributed by atoms with E-state index in [1.807, 2.05) is 17.5 Å². The van der Waals surface area contributed by atoms with Crippen molar-refractivity contribution in [1.82, 2.24) is 15.3 Å². The van der Waals surface area contributed by atoms with Crippen molar-refractivity contribution in [3.8, 4) is 10.6 Å². The number of aromatic nitrogens is 2. The molecule has 7 heteroatoms. The van der Waals surface area contributed by atoms with Crippen LogP contribution < -0.4 is 5.32 Å². The van der Waals surface area contributed by atoms with Gasteiger partial charge in [0.15, 0.2) is 6.10 Å². The Labute approximate surface area is 163 Å². The number of pyridine rings is 1. The molecule has 2 aromatic heterocycles. The molecule has 3 atom stereocenters. The highest BCUT2D eigenvalue weighted by Crippen LogP contribution is 2.24. The van der Waals surface area contributed by atoms with Gasteiger partial charge in [-0.2, -0.15) is 0 Å². The zero-order valence-corrected chi connectivity index (χ0v) is 16.5. The molecule has 0 spiro atoms. The van der Waals surface area contributed by atoms with E-state index in [9.17, 15) is 9.59 Å². The number of amides is 1. The van der Waals surface area contributed by atoms with Crippen molar-refractivity contribution in [2.24, 2.45) is 5.92 Å². The molecule has 0 aliphatic heterocycles. The van der Waals surface area contributed by atoms with Gasteiger partial charge in [-0.1, -0.05) is 19.8 Å². The van der Waals surface area contributed by atoms with Gasteiger partial charge in [-0.25, -0.2) is 4.98 Å². The number of hydrogen-bond acceptors (Lipinski definition) is 6. The van der Waals surface area contributed by atoms with E-state index >= 15 is 0 Å². The number of rotatable bonds is 6. The molecule has 27 heavy (non-hydrogen) atoms.